The molecule has 0 fully saturated rings. The smallest absolute Gasteiger partial charge is 0.109 e. The molecule has 0 saturated heterocycles. The molecular weight excluding hydrogens is 589 g/mol. The molecule has 0 amide bonds. The summed E-state index contributed by atoms with van der Waals surface area (Å²) in [5.74, 6) is 0. The Balaban J connectivity index is 1.27. The summed E-state index contributed by atoms with van der Waals surface area (Å²) in [4.78, 5) is 13.7. The van der Waals surface area contributed by atoms with Gasteiger partial charge in [0.05, 0.1) is 20.8 Å². The Hall–Kier alpha value is -5.64. The molecule has 2 nitrogen and oxygen atoms in total. The molecule has 0 spiro atoms. The first-order valence-corrected chi connectivity index (χ1v) is 17.1. The van der Waals surface area contributed by atoms with Crippen LogP contribution in [0.25, 0.3) is 86.7 Å². The number of fused-ring (bicyclic) bond motifs is 13. The van der Waals surface area contributed by atoms with Gasteiger partial charge in [-0.1, -0.05) is 133 Å². The van der Waals surface area contributed by atoms with Gasteiger partial charge in [0.15, 0.2) is 0 Å². The van der Waals surface area contributed by atoms with Gasteiger partial charge in [-0.15, -0.1) is 11.3 Å². The first-order valence-electron chi connectivity index (χ1n) is 16.3. The fraction of sp³-hybridized carbons (Fsp3) is 0.0455. The number of hydrogen-bond donors (Lipinski definition) is 0. The Morgan fingerprint density at radius 3 is 1.21 bits per heavy atom. The van der Waals surface area contributed by atoms with Gasteiger partial charge in [-0.25, -0.2) is 9.97 Å². The molecule has 2 aliphatic carbocycles. The predicted molar refractivity (Wildman–Crippen MR) is 197 cm³/mol. The highest BCUT2D eigenvalue weighted by Crippen LogP contribution is 2.51. The van der Waals surface area contributed by atoms with Crippen LogP contribution in [0.4, 0.5) is 0 Å². The Kier molecular flexibility index (Phi) is 5.13. The molecule has 0 aliphatic heterocycles. The maximum absolute atomic E-state index is 5.63. The van der Waals surface area contributed by atoms with Crippen molar-refractivity contribution in [3.05, 3.63) is 156 Å². The third kappa shape index (κ3) is 3.49. The summed E-state index contributed by atoms with van der Waals surface area (Å²) in [6, 6.07) is 48.6. The summed E-state index contributed by atoms with van der Waals surface area (Å²) in [6.45, 7) is 0. The molecule has 11 rings (SSSR count). The van der Waals surface area contributed by atoms with E-state index in [1.165, 1.54) is 76.2 Å². The van der Waals surface area contributed by atoms with Crippen LogP contribution < -0.4 is 0 Å². The van der Waals surface area contributed by atoms with Crippen LogP contribution in [0, 0.1) is 0 Å². The van der Waals surface area contributed by atoms with Gasteiger partial charge in [0.1, 0.15) is 11.0 Å². The van der Waals surface area contributed by atoms with Crippen molar-refractivity contribution in [2.45, 2.75) is 12.8 Å². The van der Waals surface area contributed by atoms with E-state index in [1.807, 2.05) is 11.3 Å². The van der Waals surface area contributed by atoms with Gasteiger partial charge >= 0.3 is 0 Å². The van der Waals surface area contributed by atoms with Crippen molar-refractivity contribution in [1.29, 1.82) is 0 Å². The van der Waals surface area contributed by atoms with Crippen molar-refractivity contribution in [2.75, 3.05) is 0 Å². The van der Waals surface area contributed by atoms with Gasteiger partial charge in [-0.2, -0.15) is 0 Å². The van der Waals surface area contributed by atoms with Crippen LogP contribution in [0.5, 0.6) is 0 Å². The zero-order valence-corrected chi connectivity index (χ0v) is 26.2. The zero-order valence-electron chi connectivity index (χ0n) is 25.4. The second-order valence-corrected chi connectivity index (χ2v) is 13.8. The van der Waals surface area contributed by atoms with Crippen LogP contribution in [-0.4, -0.2) is 9.97 Å². The molecule has 218 valence electrons. The van der Waals surface area contributed by atoms with Crippen molar-refractivity contribution in [3.63, 3.8) is 0 Å². The molecule has 3 heteroatoms. The first kappa shape index (κ1) is 25.5. The molecular formula is C44H26N2S. The Labute approximate surface area is 275 Å². The van der Waals surface area contributed by atoms with E-state index in [2.05, 4.69) is 133 Å². The molecule has 9 aromatic rings. The average Bonchev–Trinajstić information content (AvgIpc) is 3.82. The van der Waals surface area contributed by atoms with Crippen LogP contribution in [-0.2, 0) is 12.8 Å². The van der Waals surface area contributed by atoms with Crippen molar-refractivity contribution < 1.29 is 0 Å². The molecule has 47 heavy (non-hydrogen) atoms. The second kappa shape index (κ2) is 9.45. The van der Waals surface area contributed by atoms with Gasteiger partial charge in [-0.3, -0.25) is 0 Å². The number of thiophene rings is 1. The molecule has 7 aromatic carbocycles. The highest BCUT2D eigenvalue weighted by atomic mass is 32.1. The van der Waals surface area contributed by atoms with Crippen LogP contribution >= 0.6 is 11.3 Å². The molecule has 0 atom stereocenters. The minimum atomic E-state index is 0.932. The highest BCUT2D eigenvalue weighted by Gasteiger charge is 2.28. The van der Waals surface area contributed by atoms with Gasteiger partial charge in [-0.05, 0) is 79.2 Å². The third-order valence-electron chi connectivity index (χ3n) is 10.4. The first-order chi connectivity index (χ1) is 23.3. The zero-order chi connectivity index (χ0) is 30.6. The Morgan fingerprint density at radius 1 is 0.340 bits per heavy atom. The summed E-state index contributed by atoms with van der Waals surface area (Å²) in [5, 5.41) is 4.74. The fourth-order valence-corrected chi connectivity index (χ4v) is 9.56. The van der Waals surface area contributed by atoms with Crippen molar-refractivity contribution in [3.8, 4) is 43.1 Å². The van der Waals surface area contributed by atoms with Crippen molar-refractivity contribution >= 4 is 54.9 Å². The van der Waals surface area contributed by atoms with Crippen LogP contribution in [0.15, 0.2) is 133 Å². The number of benzene rings is 7. The molecule has 0 saturated carbocycles. The standard InChI is InChI=1S/C44H26N2S/c1-3-13-27-25(11-1)23-37-29(27)19-9-21-35(37)43-41-42(44(47-43)36-22-10-20-30-28-14-4-2-12-26(28)24-38(30)36)46-40-34-18-8-6-16-32(34)31-15-5-7-17-33(31)39(40)45-41/h1-22H,23-24H2. The van der Waals surface area contributed by atoms with Crippen molar-refractivity contribution in [1.82, 2.24) is 9.97 Å². The van der Waals surface area contributed by atoms with E-state index in [0.717, 1.165) is 45.7 Å². The second-order valence-electron chi connectivity index (χ2n) is 12.8. The van der Waals surface area contributed by atoms with Crippen LogP contribution in [0.2, 0.25) is 0 Å². The van der Waals surface area contributed by atoms with E-state index < -0.39 is 0 Å². The van der Waals surface area contributed by atoms with Gasteiger partial charge in [0, 0.05) is 10.8 Å². The molecule has 2 heterocycles. The predicted octanol–water partition coefficient (Wildman–Crippen LogP) is 11.6. The fourth-order valence-electron chi connectivity index (χ4n) is 8.28. The lowest BCUT2D eigenvalue weighted by Crippen LogP contribution is -1.93. The van der Waals surface area contributed by atoms with E-state index in [9.17, 15) is 0 Å². The van der Waals surface area contributed by atoms with Crippen LogP contribution in [0.3, 0.4) is 0 Å². The number of aromatic nitrogens is 2. The quantitative estimate of drug-likeness (QED) is 0.181. The maximum Gasteiger partial charge on any atom is 0.109 e. The topological polar surface area (TPSA) is 25.8 Å². The normalized spacial score (nSPS) is 12.9. The summed E-state index contributed by atoms with van der Waals surface area (Å²) in [6.07, 6.45) is 1.86. The van der Waals surface area contributed by atoms with E-state index in [-0.39, 0.29) is 0 Å². The Bertz CT molecular complexity index is 2610. The lowest BCUT2D eigenvalue weighted by molar-refractivity contribution is 1.27. The number of hydrogen-bond acceptors (Lipinski definition) is 3. The third-order valence-corrected chi connectivity index (χ3v) is 11.6. The van der Waals surface area contributed by atoms with E-state index in [1.54, 1.807) is 0 Å². The summed E-state index contributed by atoms with van der Waals surface area (Å²) in [7, 11) is 0. The maximum atomic E-state index is 5.63. The molecule has 0 radical (unpaired) electrons. The van der Waals surface area contributed by atoms with Gasteiger partial charge in [0.2, 0.25) is 0 Å². The molecule has 0 N–H and O–H groups in total. The van der Waals surface area contributed by atoms with Gasteiger partial charge < -0.3 is 0 Å². The van der Waals surface area contributed by atoms with E-state index >= 15 is 0 Å². The molecule has 0 unspecified atom stereocenters. The minimum Gasteiger partial charge on any atom is -0.242 e. The monoisotopic (exact) mass is 614 g/mol. The largest absolute Gasteiger partial charge is 0.242 e. The summed E-state index contributed by atoms with van der Waals surface area (Å²) >= 11 is 1.86. The lowest BCUT2D eigenvalue weighted by atomic mass is 9.97. The number of nitrogens with zero attached hydrogens (tertiary/aromatic N) is 2. The summed E-state index contributed by atoms with van der Waals surface area (Å²) in [5.41, 5.74) is 17.4. The van der Waals surface area contributed by atoms with Gasteiger partial charge in [0.25, 0.3) is 0 Å². The molecule has 2 aliphatic rings. The average molecular weight is 615 g/mol. The van der Waals surface area contributed by atoms with Crippen molar-refractivity contribution in [2.24, 2.45) is 0 Å². The minimum absolute atomic E-state index is 0.932. The molecule has 2 aromatic heterocycles. The lowest BCUT2D eigenvalue weighted by Gasteiger charge is -2.11. The summed E-state index contributed by atoms with van der Waals surface area (Å²) < 4.78 is 0. The Morgan fingerprint density at radius 2 is 0.723 bits per heavy atom. The molecule has 0 bridgehead atoms. The van der Waals surface area contributed by atoms with Crippen LogP contribution in [0.1, 0.15) is 22.3 Å². The highest BCUT2D eigenvalue weighted by molar-refractivity contribution is 7.21. The number of rotatable bonds is 2. The van der Waals surface area contributed by atoms with E-state index in [4.69, 9.17) is 9.97 Å². The SMILES string of the molecule is c1ccc2c(c1)Cc1c-2cccc1-c1sc(-c2cccc3c2Cc2ccccc2-3)c2nc3c4ccccc4c4ccccc4c3nc12. The van der Waals surface area contributed by atoms with E-state index in [0.29, 0.717) is 0 Å².